The highest BCUT2D eigenvalue weighted by Gasteiger charge is 2.16. The molecule has 1 aromatic heterocycles. The van der Waals surface area contributed by atoms with E-state index in [4.69, 9.17) is 21.1 Å². The molecule has 0 aliphatic rings. The van der Waals surface area contributed by atoms with E-state index in [9.17, 15) is 4.79 Å². The van der Waals surface area contributed by atoms with Gasteiger partial charge in [0.15, 0.2) is 6.10 Å². The van der Waals surface area contributed by atoms with Crippen molar-refractivity contribution in [3.05, 3.63) is 23.5 Å². The number of esters is 1. The zero-order valence-electron chi connectivity index (χ0n) is 8.57. The van der Waals surface area contributed by atoms with Crippen molar-refractivity contribution in [2.24, 2.45) is 0 Å². The normalized spacial score (nSPS) is 11.9. The maximum Gasteiger partial charge on any atom is 0.347 e. The Balaban J connectivity index is 2.62. The summed E-state index contributed by atoms with van der Waals surface area (Å²) < 4.78 is 10.1. The van der Waals surface area contributed by atoms with Crippen molar-refractivity contribution in [1.82, 2.24) is 4.98 Å². The molecule has 4 nitrogen and oxygen atoms in total. The van der Waals surface area contributed by atoms with Gasteiger partial charge in [-0.15, -0.1) is 0 Å². The topological polar surface area (TPSA) is 48.4 Å². The van der Waals surface area contributed by atoms with Crippen LogP contribution in [-0.4, -0.2) is 23.7 Å². The largest absolute Gasteiger partial charge is 0.477 e. The summed E-state index contributed by atoms with van der Waals surface area (Å²) in [5, 5.41) is 0.369. The fourth-order valence-corrected chi connectivity index (χ4v) is 1.12. The lowest BCUT2D eigenvalue weighted by atomic mass is 10.4. The van der Waals surface area contributed by atoms with Crippen LogP contribution < -0.4 is 4.74 Å². The van der Waals surface area contributed by atoms with Crippen LogP contribution >= 0.6 is 11.6 Å². The van der Waals surface area contributed by atoms with Gasteiger partial charge in [-0.2, -0.15) is 0 Å². The molecule has 0 saturated heterocycles. The summed E-state index contributed by atoms with van der Waals surface area (Å²) in [7, 11) is 0. The van der Waals surface area contributed by atoms with Gasteiger partial charge >= 0.3 is 5.97 Å². The Morgan fingerprint density at radius 3 is 3.00 bits per heavy atom. The minimum Gasteiger partial charge on any atom is -0.477 e. The monoisotopic (exact) mass is 229 g/mol. The lowest BCUT2D eigenvalue weighted by Gasteiger charge is -2.13. The SMILES string of the molecule is CCOC(=O)C(C)Oc1ccncc1Cl. The first kappa shape index (κ1) is 11.8. The number of aromatic nitrogens is 1. The molecule has 1 atom stereocenters. The molecule has 0 bridgehead atoms. The molecule has 1 rings (SSSR count). The lowest BCUT2D eigenvalue weighted by Crippen LogP contribution is -2.26. The number of carbonyl (C=O) groups excluding carboxylic acids is 1. The summed E-state index contributed by atoms with van der Waals surface area (Å²) in [5.41, 5.74) is 0. The van der Waals surface area contributed by atoms with Crippen molar-refractivity contribution < 1.29 is 14.3 Å². The van der Waals surface area contributed by atoms with Gasteiger partial charge in [-0.05, 0) is 13.8 Å². The van der Waals surface area contributed by atoms with E-state index in [1.807, 2.05) is 0 Å². The average molecular weight is 230 g/mol. The van der Waals surface area contributed by atoms with E-state index in [0.29, 0.717) is 17.4 Å². The zero-order chi connectivity index (χ0) is 11.3. The van der Waals surface area contributed by atoms with Crippen LogP contribution in [0.25, 0.3) is 0 Å². The average Bonchev–Trinajstić information content (AvgIpc) is 2.21. The molecule has 1 aromatic rings. The van der Waals surface area contributed by atoms with E-state index in [2.05, 4.69) is 4.98 Å². The first-order chi connectivity index (χ1) is 7.15. The molecule has 5 heteroatoms. The number of nitrogens with zero attached hydrogens (tertiary/aromatic N) is 1. The molecule has 0 aromatic carbocycles. The summed E-state index contributed by atoms with van der Waals surface area (Å²) in [5.74, 6) is 0.0117. The Bertz CT molecular complexity index is 343. The minimum atomic E-state index is -0.676. The first-order valence-corrected chi connectivity index (χ1v) is 4.95. The van der Waals surface area contributed by atoms with Gasteiger partial charge in [-0.3, -0.25) is 4.98 Å². The molecule has 82 valence electrons. The standard InChI is InChI=1S/C10H12ClNO3/c1-3-14-10(13)7(2)15-9-4-5-12-6-8(9)11/h4-7H,3H2,1-2H3. The van der Waals surface area contributed by atoms with Crippen LogP contribution in [0.3, 0.4) is 0 Å². The Kier molecular flexibility index (Phi) is 4.37. The molecule has 15 heavy (non-hydrogen) atoms. The number of pyridine rings is 1. The quantitative estimate of drug-likeness (QED) is 0.742. The number of carbonyl (C=O) groups is 1. The maximum atomic E-state index is 11.3. The second-order valence-electron chi connectivity index (χ2n) is 2.82. The van der Waals surface area contributed by atoms with Gasteiger partial charge in [0, 0.05) is 18.5 Å². The fourth-order valence-electron chi connectivity index (χ4n) is 0.956. The highest BCUT2D eigenvalue weighted by Crippen LogP contribution is 2.23. The predicted octanol–water partition coefficient (Wildman–Crippen LogP) is 2.07. The molecule has 1 unspecified atom stereocenters. The van der Waals surface area contributed by atoms with Gasteiger partial charge in [-0.1, -0.05) is 11.6 Å². The summed E-state index contributed by atoms with van der Waals surface area (Å²) in [6.45, 7) is 3.68. The van der Waals surface area contributed by atoms with Gasteiger partial charge < -0.3 is 9.47 Å². The molecule has 0 aliphatic carbocycles. The molecule has 0 fully saturated rings. The third-order valence-corrected chi connectivity index (χ3v) is 1.94. The predicted molar refractivity (Wildman–Crippen MR) is 56.0 cm³/mol. The van der Waals surface area contributed by atoms with Gasteiger partial charge in [-0.25, -0.2) is 4.79 Å². The van der Waals surface area contributed by atoms with E-state index >= 15 is 0 Å². The van der Waals surface area contributed by atoms with Crippen molar-refractivity contribution >= 4 is 17.6 Å². The third kappa shape index (κ3) is 3.40. The maximum absolute atomic E-state index is 11.3. The van der Waals surface area contributed by atoms with E-state index in [0.717, 1.165) is 0 Å². The van der Waals surface area contributed by atoms with E-state index in [1.165, 1.54) is 6.20 Å². The van der Waals surface area contributed by atoms with Crippen LogP contribution in [0.2, 0.25) is 5.02 Å². The zero-order valence-corrected chi connectivity index (χ0v) is 9.32. The van der Waals surface area contributed by atoms with Crippen molar-refractivity contribution in [1.29, 1.82) is 0 Å². The number of hydrogen-bond acceptors (Lipinski definition) is 4. The van der Waals surface area contributed by atoms with Crippen LogP contribution in [0.5, 0.6) is 5.75 Å². The van der Waals surface area contributed by atoms with E-state index in [1.54, 1.807) is 26.1 Å². The number of rotatable bonds is 4. The number of ether oxygens (including phenoxy) is 2. The Morgan fingerprint density at radius 2 is 2.40 bits per heavy atom. The van der Waals surface area contributed by atoms with E-state index < -0.39 is 12.1 Å². The Hall–Kier alpha value is -1.29. The van der Waals surface area contributed by atoms with Crippen molar-refractivity contribution in [2.75, 3.05) is 6.61 Å². The summed E-state index contributed by atoms with van der Waals surface area (Å²) in [4.78, 5) is 15.1. The summed E-state index contributed by atoms with van der Waals surface area (Å²) in [6, 6.07) is 1.60. The smallest absolute Gasteiger partial charge is 0.347 e. The molecule has 0 radical (unpaired) electrons. The Morgan fingerprint density at radius 1 is 1.67 bits per heavy atom. The van der Waals surface area contributed by atoms with Crippen molar-refractivity contribution in [3.63, 3.8) is 0 Å². The molecular formula is C10H12ClNO3. The second-order valence-corrected chi connectivity index (χ2v) is 3.23. The number of hydrogen-bond donors (Lipinski definition) is 0. The van der Waals surface area contributed by atoms with Crippen LogP contribution in [0.15, 0.2) is 18.5 Å². The van der Waals surface area contributed by atoms with Crippen molar-refractivity contribution in [2.45, 2.75) is 20.0 Å². The van der Waals surface area contributed by atoms with E-state index in [-0.39, 0.29) is 0 Å². The molecule has 0 saturated carbocycles. The Labute approximate surface area is 93.2 Å². The van der Waals surface area contributed by atoms with Gasteiger partial charge in [0.25, 0.3) is 0 Å². The highest BCUT2D eigenvalue weighted by atomic mass is 35.5. The lowest BCUT2D eigenvalue weighted by molar-refractivity contribution is -0.150. The van der Waals surface area contributed by atoms with Crippen LogP contribution in [0.1, 0.15) is 13.8 Å². The molecule has 0 spiro atoms. The second kappa shape index (κ2) is 5.56. The summed E-state index contributed by atoms with van der Waals surface area (Å²) in [6.07, 6.45) is 2.32. The molecule has 1 heterocycles. The fraction of sp³-hybridized carbons (Fsp3) is 0.400. The molecule has 0 amide bonds. The summed E-state index contributed by atoms with van der Waals surface area (Å²) >= 11 is 5.81. The van der Waals surface area contributed by atoms with Gasteiger partial charge in [0.05, 0.1) is 6.61 Å². The van der Waals surface area contributed by atoms with Crippen LogP contribution in [0.4, 0.5) is 0 Å². The minimum absolute atomic E-state index is 0.330. The molecular weight excluding hydrogens is 218 g/mol. The van der Waals surface area contributed by atoms with Crippen LogP contribution in [-0.2, 0) is 9.53 Å². The number of halogens is 1. The van der Waals surface area contributed by atoms with Crippen molar-refractivity contribution in [3.8, 4) is 5.75 Å². The molecule has 0 aliphatic heterocycles. The first-order valence-electron chi connectivity index (χ1n) is 4.58. The van der Waals surface area contributed by atoms with Crippen LogP contribution in [0, 0.1) is 0 Å². The van der Waals surface area contributed by atoms with Gasteiger partial charge in [0.2, 0.25) is 0 Å². The van der Waals surface area contributed by atoms with Gasteiger partial charge in [0.1, 0.15) is 10.8 Å². The highest BCUT2D eigenvalue weighted by molar-refractivity contribution is 6.31. The molecule has 0 N–H and O–H groups in total. The third-order valence-electron chi connectivity index (χ3n) is 1.66.